The zero-order chi connectivity index (χ0) is 16.3. The molecule has 0 aliphatic heterocycles. The Labute approximate surface area is 135 Å². The standard InChI is InChI=1S/C14H10Cl2FN3O2/c15-9-5-7(1-3-11(9)17)19-13(21)14(22)20-8-2-4-12(18)10(16)6-8/h1-6H,18H2,(H,19,21)(H,20,22). The summed E-state index contributed by atoms with van der Waals surface area (Å²) in [6.07, 6.45) is 0. The summed E-state index contributed by atoms with van der Waals surface area (Å²) >= 11 is 11.4. The van der Waals surface area contributed by atoms with Crippen molar-refractivity contribution in [1.82, 2.24) is 0 Å². The van der Waals surface area contributed by atoms with Gasteiger partial charge in [0.1, 0.15) is 5.82 Å². The quantitative estimate of drug-likeness (QED) is 0.578. The van der Waals surface area contributed by atoms with E-state index in [0.29, 0.717) is 11.4 Å². The molecule has 2 aromatic carbocycles. The van der Waals surface area contributed by atoms with Crippen molar-refractivity contribution in [2.45, 2.75) is 0 Å². The lowest BCUT2D eigenvalue weighted by Crippen LogP contribution is -2.29. The van der Waals surface area contributed by atoms with E-state index in [-0.39, 0.29) is 15.7 Å². The highest BCUT2D eigenvalue weighted by molar-refractivity contribution is 6.44. The van der Waals surface area contributed by atoms with E-state index in [9.17, 15) is 14.0 Å². The number of rotatable bonds is 2. The summed E-state index contributed by atoms with van der Waals surface area (Å²) in [6, 6.07) is 7.97. The van der Waals surface area contributed by atoms with Crippen LogP contribution in [-0.2, 0) is 9.59 Å². The van der Waals surface area contributed by atoms with Crippen molar-refractivity contribution >= 4 is 52.1 Å². The minimum atomic E-state index is -0.935. The summed E-state index contributed by atoms with van der Waals surface area (Å²) in [7, 11) is 0. The molecule has 0 fully saturated rings. The highest BCUT2D eigenvalue weighted by Crippen LogP contribution is 2.23. The van der Waals surface area contributed by atoms with Crippen LogP contribution in [-0.4, -0.2) is 11.8 Å². The van der Waals surface area contributed by atoms with Crippen LogP contribution in [0, 0.1) is 5.82 Å². The van der Waals surface area contributed by atoms with Crippen molar-refractivity contribution < 1.29 is 14.0 Å². The molecule has 0 unspecified atom stereocenters. The summed E-state index contributed by atoms with van der Waals surface area (Å²) in [5, 5.41) is 4.74. The van der Waals surface area contributed by atoms with Crippen molar-refractivity contribution in [2.24, 2.45) is 0 Å². The van der Waals surface area contributed by atoms with Crippen molar-refractivity contribution in [3.8, 4) is 0 Å². The predicted molar refractivity (Wildman–Crippen MR) is 84.5 cm³/mol. The molecule has 0 aliphatic carbocycles. The number of anilines is 3. The first-order valence-corrected chi connectivity index (χ1v) is 6.75. The zero-order valence-corrected chi connectivity index (χ0v) is 12.5. The number of halogens is 3. The number of nitrogen functional groups attached to an aromatic ring is 1. The maximum Gasteiger partial charge on any atom is 0.314 e. The molecule has 2 amide bonds. The van der Waals surface area contributed by atoms with E-state index >= 15 is 0 Å². The van der Waals surface area contributed by atoms with E-state index in [2.05, 4.69) is 10.6 Å². The average Bonchev–Trinajstić information content (AvgIpc) is 2.46. The number of carbonyl (C=O) groups is 2. The Bertz CT molecular complexity index is 689. The molecule has 2 rings (SSSR count). The van der Waals surface area contributed by atoms with Crippen LogP contribution in [0.25, 0.3) is 0 Å². The lowest BCUT2D eigenvalue weighted by atomic mass is 10.2. The van der Waals surface area contributed by atoms with Crippen molar-refractivity contribution in [3.63, 3.8) is 0 Å². The van der Waals surface area contributed by atoms with Gasteiger partial charge in [0.15, 0.2) is 0 Å². The molecular weight excluding hydrogens is 332 g/mol. The van der Waals surface area contributed by atoms with E-state index in [0.717, 1.165) is 6.07 Å². The third-order valence-corrected chi connectivity index (χ3v) is 3.26. The Morgan fingerprint density at radius 1 is 0.909 bits per heavy atom. The molecule has 0 atom stereocenters. The first-order valence-electron chi connectivity index (χ1n) is 5.99. The largest absolute Gasteiger partial charge is 0.398 e. The maximum absolute atomic E-state index is 13.0. The third kappa shape index (κ3) is 3.87. The van der Waals surface area contributed by atoms with E-state index in [1.165, 1.54) is 30.3 Å². The molecule has 0 bridgehead atoms. The van der Waals surface area contributed by atoms with Crippen LogP contribution in [0.2, 0.25) is 10.0 Å². The Morgan fingerprint density at radius 2 is 1.41 bits per heavy atom. The van der Waals surface area contributed by atoms with Gasteiger partial charge in [-0.2, -0.15) is 0 Å². The molecule has 0 aromatic heterocycles. The van der Waals surface area contributed by atoms with Gasteiger partial charge < -0.3 is 16.4 Å². The van der Waals surface area contributed by atoms with Crippen LogP contribution in [0.1, 0.15) is 0 Å². The molecule has 0 heterocycles. The monoisotopic (exact) mass is 341 g/mol. The minimum Gasteiger partial charge on any atom is -0.398 e. The first kappa shape index (κ1) is 16.1. The predicted octanol–water partition coefficient (Wildman–Crippen LogP) is 3.29. The number of nitrogens with two attached hydrogens (primary N) is 1. The summed E-state index contributed by atoms with van der Waals surface area (Å²) < 4.78 is 13.0. The number of benzene rings is 2. The van der Waals surface area contributed by atoms with E-state index in [1.807, 2.05) is 0 Å². The van der Waals surface area contributed by atoms with Gasteiger partial charge in [0.25, 0.3) is 0 Å². The SMILES string of the molecule is Nc1ccc(NC(=O)C(=O)Nc2ccc(F)c(Cl)c2)cc1Cl. The lowest BCUT2D eigenvalue weighted by Gasteiger charge is -2.08. The van der Waals surface area contributed by atoms with Crippen molar-refractivity contribution in [1.29, 1.82) is 0 Å². The second kappa shape index (κ2) is 6.64. The number of nitrogens with one attached hydrogen (secondary N) is 2. The summed E-state index contributed by atoms with van der Waals surface area (Å²) in [6.45, 7) is 0. The first-order chi connectivity index (χ1) is 10.4. The van der Waals surface area contributed by atoms with Gasteiger partial charge in [-0.25, -0.2) is 4.39 Å². The summed E-state index contributed by atoms with van der Waals surface area (Å²) in [4.78, 5) is 23.5. The van der Waals surface area contributed by atoms with E-state index < -0.39 is 17.6 Å². The van der Waals surface area contributed by atoms with Crippen molar-refractivity contribution in [2.75, 3.05) is 16.4 Å². The maximum atomic E-state index is 13.0. The molecule has 0 radical (unpaired) electrons. The van der Waals surface area contributed by atoms with Gasteiger partial charge in [0, 0.05) is 11.4 Å². The Balaban J connectivity index is 2.04. The van der Waals surface area contributed by atoms with E-state index in [1.54, 1.807) is 0 Å². The van der Waals surface area contributed by atoms with Gasteiger partial charge in [0.2, 0.25) is 0 Å². The molecule has 0 aliphatic rings. The van der Waals surface area contributed by atoms with Gasteiger partial charge in [0.05, 0.1) is 15.7 Å². The van der Waals surface area contributed by atoms with Gasteiger partial charge >= 0.3 is 11.8 Å². The molecule has 8 heteroatoms. The van der Waals surface area contributed by atoms with Crippen LogP contribution >= 0.6 is 23.2 Å². The van der Waals surface area contributed by atoms with Crippen molar-refractivity contribution in [3.05, 3.63) is 52.3 Å². The van der Waals surface area contributed by atoms with Gasteiger partial charge in [-0.1, -0.05) is 23.2 Å². The minimum absolute atomic E-state index is 0.163. The van der Waals surface area contributed by atoms with Gasteiger partial charge in [-0.05, 0) is 36.4 Å². The highest BCUT2D eigenvalue weighted by atomic mass is 35.5. The smallest absolute Gasteiger partial charge is 0.314 e. The normalized spacial score (nSPS) is 10.1. The van der Waals surface area contributed by atoms with Crippen LogP contribution in [0.15, 0.2) is 36.4 Å². The summed E-state index contributed by atoms with van der Waals surface area (Å²) in [5.74, 6) is -2.47. The fourth-order valence-corrected chi connectivity index (χ4v) is 1.92. The average molecular weight is 342 g/mol. The second-order valence-corrected chi connectivity index (χ2v) is 5.09. The number of hydrogen-bond acceptors (Lipinski definition) is 3. The van der Waals surface area contributed by atoms with Crippen LogP contribution in [0.4, 0.5) is 21.5 Å². The Hall–Kier alpha value is -2.31. The molecule has 2 aromatic rings. The number of carbonyl (C=O) groups excluding carboxylic acids is 2. The number of hydrogen-bond donors (Lipinski definition) is 3. The van der Waals surface area contributed by atoms with Gasteiger partial charge in [-0.3, -0.25) is 9.59 Å². The highest BCUT2D eigenvalue weighted by Gasteiger charge is 2.15. The zero-order valence-electron chi connectivity index (χ0n) is 11.0. The van der Waals surface area contributed by atoms with Crippen LogP contribution in [0.5, 0.6) is 0 Å². The molecule has 22 heavy (non-hydrogen) atoms. The topological polar surface area (TPSA) is 84.2 Å². The van der Waals surface area contributed by atoms with Crippen LogP contribution in [0.3, 0.4) is 0 Å². The van der Waals surface area contributed by atoms with Gasteiger partial charge in [-0.15, -0.1) is 0 Å². The van der Waals surface area contributed by atoms with Crippen LogP contribution < -0.4 is 16.4 Å². The lowest BCUT2D eigenvalue weighted by molar-refractivity contribution is -0.132. The summed E-state index contributed by atoms with van der Waals surface area (Å²) in [5.41, 5.74) is 6.41. The molecular formula is C14H10Cl2FN3O2. The fraction of sp³-hybridized carbons (Fsp3) is 0. The molecule has 0 saturated carbocycles. The Morgan fingerprint density at radius 3 is 1.91 bits per heavy atom. The third-order valence-electron chi connectivity index (χ3n) is 2.64. The second-order valence-electron chi connectivity index (χ2n) is 4.27. The fourth-order valence-electron chi connectivity index (χ4n) is 1.55. The van der Waals surface area contributed by atoms with E-state index in [4.69, 9.17) is 28.9 Å². The Kier molecular flexibility index (Phi) is 4.85. The molecule has 114 valence electrons. The molecule has 0 spiro atoms. The molecule has 5 nitrogen and oxygen atoms in total. The molecule has 0 saturated heterocycles. The molecule has 4 N–H and O–H groups in total. The number of amides is 2.